The number of nitrogens with one attached hydrogen (secondary N) is 1. The summed E-state index contributed by atoms with van der Waals surface area (Å²) in [5.41, 5.74) is 7.32. The molecule has 0 aliphatic rings. The van der Waals surface area contributed by atoms with E-state index in [4.69, 9.17) is 0 Å². The number of nitrogens with zero attached hydrogens (tertiary/aromatic N) is 1. The van der Waals surface area contributed by atoms with Gasteiger partial charge in [-0.1, -0.05) is 65.9 Å². The molecule has 5 heteroatoms. The second-order valence-electron chi connectivity index (χ2n) is 9.12. The summed E-state index contributed by atoms with van der Waals surface area (Å²) in [6, 6.07) is 24.1. The normalized spacial score (nSPS) is 11.5. The van der Waals surface area contributed by atoms with Crippen molar-refractivity contribution in [2.75, 3.05) is 11.5 Å². The van der Waals surface area contributed by atoms with Crippen molar-refractivity contribution in [1.29, 1.82) is 0 Å². The van der Waals surface area contributed by atoms with E-state index in [1.807, 2.05) is 43.3 Å². The average molecular weight is 484 g/mol. The Labute approximate surface area is 208 Å². The van der Waals surface area contributed by atoms with E-state index in [1.165, 1.54) is 5.56 Å². The topological polar surface area (TPSA) is 59.1 Å². The number of carbonyl (C=O) groups excluding carboxylic acids is 1. The van der Waals surface area contributed by atoms with Crippen molar-refractivity contribution in [3.63, 3.8) is 0 Å². The van der Waals surface area contributed by atoms with Gasteiger partial charge in [0.25, 0.3) is 5.91 Å². The lowest BCUT2D eigenvalue weighted by molar-refractivity contribution is 0.102. The number of fused-ring (bicyclic) bond motifs is 1. The Morgan fingerprint density at radius 3 is 2.31 bits per heavy atom. The quantitative estimate of drug-likeness (QED) is 0.192. The second kappa shape index (κ2) is 11.4. The van der Waals surface area contributed by atoms with E-state index in [9.17, 15) is 9.36 Å². The van der Waals surface area contributed by atoms with Crippen LogP contribution >= 0.6 is 7.80 Å². The highest BCUT2D eigenvalue weighted by Crippen LogP contribution is 2.29. The van der Waals surface area contributed by atoms with Crippen LogP contribution in [0, 0.1) is 13.8 Å². The molecule has 1 aromatic heterocycles. The molecule has 1 atom stereocenters. The van der Waals surface area contributed by atoms with E-state index in [0.717, 1.165) is 53.0 Å². The lowest BCUT2D eigenvalue weighted by Gasteiger charge is -2.10. The zero-order valence-electron chi connectivity index (χ0n) is 20.7. The number of pyridine rings is 1. The van der Waals surface area contributed by atoms with Gasteiger partial charge >= 0.3 is 7.80 Å². The molecule has 178 valence electrons. The third kappa shape index (κ3) is 6.41. The van der Waals surface area contributed by atoms with Crippen LogP contribution in [-0.2, 0) is 10.7 Å². The maximum atomic E-state index is 13.1. The first-order chi connectivity index (χ1) is 16.9. The zero-order chi connectivity index (χ0) is 24.8. The smallest absolute Gasteiger partial charge is 0.322 e. The minimum Gasteiger partial charge on any atom is -0.322 e. The summed E-state index contributed by atoms with van der Waals surface area (Å²) in [6.45, 7) is 6.09. The lowest BCUT2D eigenvalue weighted by Crippen LogP contribution is -2.14. The van der Waals surface area contributed by atoms with Crippen LogP contribution in [0.25, 0.3) is 22.0 Å². The van der Waals surface area contributed by atoms with Crippen LogP contribution in [0.3, 0.4) is 0 Å². The van der Waals surface area contributed by atoms with Crippen molar-refractivity contribution in [2.24, 2.45) is 0 Å². The van der Waals surface area contributed by atoms with Gasteiger partial charge < -0.3 is 5.32 Å². The van der Waals surface area contributed by atoms with Gasteiger partial charge in [0.1, 0.15) is 6.16 Å². The Kier molecular flexibility index (Phi) is 8.05. The van der Waals surface area contributed by atoms with E-state index in [1.54, 1.807) is 0 Å². The average Bonchev–Trinajstić information content (AvgIpc) is 2.85. The highest BCUT2D eigenvalue weighted by atomic mass is 31.1. The lowest BCUT2D eigenvalue weighted by atomic mass is 10.0. The summed E-state index contributed by atoms with van der Waals surface area (Å²) in [5, 5.41) is 3.92. The van der Waals surface area contributed by atoms with Gasteiger partial charge in [-0.15, -0.1) is 0 Å². The molecular formula is C30H32N2O2P+. The summed E-state index contributed by atoms with van der Waals surface area (Å²) in [5.74, 6) is -0.184. The fourth-order valence-corrected chi connectivity index (χ4v) is 5.49. The van der Waals surface area contributed by atoms with Crippen molar-refractivity contribution in [3.8, 4) is 11.1 Å². The molecule has 0 aliphatic heterocycles. The molecule has 0 saturated heterocycles. The summed E-state index contributed by atoms with van der Waals surface area (Å²) in [6.07, 6.45) is 4.65. The number of unbranched alkanes of at least 4 members (excludes halogenated alkanes) is 2. The molecular weight excluding hydrogens is 451 g/mol. The van der Waals surface area contributed by atoms with Gasteiger partial charge in [-0.2, -0.15) is 0 Å². The minimum absolute atomic E-state index is 0.184. The fourth-order valence-electron chi connectivity index (χ4n) is 4.14. The van der Waals surface area contributed by atoms with E-state index in [0.29, 0.717) is 23.1 Å². The van der Waals surface area contributed by atoms with Crippen molar-refractivity contribution in [3.05, 3.63) is 95.2 Å². The molecule has 0 fully saturated rings. The molecule has 0 radical (unpaired) electrons. The van der Waals surface area contributed by atoms with Crippen molar-refractivity contribution in [2.45, 2.75) is 46.2 Å². The van der Waals surface area contributed by atoms with Crippen molar-refractivity contribution in [1.82, 2.24) is 4.98 Å². The van der Waals surface area contributed by atoms with Gasteiger partial charge in [-0.05, 0) is 73.7 Å². The van der Waals surface area contributed by atoms with Crippen LogP contribution in [-0.4, -0.2) is 17.1 Å². The Hall–Kier alpha value is -3.36. The molecule has 4 aromatic rings. The number of hydrogen-bond acceptors (Lipinski definition) is 3. The molecule has 0 bridgehead atoms. The van der Waals surface area contributed by atoms with Gasteiger partial charge in [0, 0.05) is 11.1 Å². The van der Waals surface area contributed by atoms with Gasteiger partial charge in [0.2, 0.25) is 0 Å². The summed E-state index contributed by atoms with van der Waals surface area (Å²) < 4.78 is 12.3. The Morgan fingerprint density at radius 1 is 0.886 bits per heavy atom. The highest BCUT2D eigenvalue weighted by Gasteiger charge is 2.16. The number of rotatable bonds is 9. The van der Waals surface area contributed by atoms with Gasteiger partial charge in [-0.25, -0.2) is 0 Å². The van der Waals surface area contributed by atoms with E-state index < -0.39 is 7.80 Å². The number of hydrogen-bond donors (Lipinski definition) is 1. The molecule has 1 heterocycles. The first-order valence-corrected chi connectivity index (χ1v) is 13.9. The number of aromatic nitrogens is 1. The Morgan fingerprint density at radius 2 is 1.60 bits per heavy atom. The predicted octanol–water partition coefficient (Wildman–Crippen LogP) is 8.29. The molecule has 0 saturated carbocycles. The molecule has 0 aliphatic carbocycles. The first kappa shape index (κ1) is 24.8. The number of benzene rings is 3. The Bertz CT molecular complexity index is 1350. The third-order valence-corrected chi connectivity index (χ3v) is 7.75. The van der Waals surface area contributed by atoms with Gasteiger partial charge in [-0.3, -0.25) is 9.78 Å². The standard InChI is InChI=1S/C30H31N2O2P/c1-4-5-6-17-35(34)20-23-9-14-27(15-10-23)32-30(33)28-19-26-18-25(13-16-29(26)31-22(28)3)24-11-7-21(2)8-12-24/h7-16,18-19H,4-6,17,20H2,1-3H3/p+1. The third-order valence-electron chi connectivity index (χ3n) is 6.22. The number of aryl methyl sites for hydroxylation is 2. The summed E-state index contributed by atoms with van der Waals surface area (Å²) >= 11 is 0. The van der Waals surface area contributed by atoms with Crippen LogP contribution in [0.1, 0.15) is 53.4 Å². The van der Waals surface area contributed by atoms with Crippen LogP contribution < -0.4 is 5.32 Å². The molecule has 3 aromatic carbocycles. The zero-order valence-corrected chi connectivity index (χ0v) is 21.6. The molecule has 4 rings (SSSR count). The van der Waals surface area contributed by atoms with Crippen LogP contribution in [0.5, 0.6) is 0 Å². The number of carbonyl (C=O) groups is 1. The maximum Gasteiger partial charge on any atom is 0.343 e. The minimum atomic E-state index is -1.22. The van der Waals surface area contributed by atoms with Crippen molar-refractivity contribution < 1.29 is 9.36 Å². The predicted molar refractivity (Wildman–Crippen MR) is 147 cm³/mol. The monoisotopic (exact) mass is 483 g/mol. The summed E-state index contributed by atoms with van der Waals surface area (Å²) in [7, 11) is -1.22. The molecule has 0 spiro atoms. The largest absolute Gasteiger partial charge is 0.343 e. The molecule has 1 unspecified atom stereocenters. The van der Waals surface area contributed by atoms with E-state index in [-0.39, 0.29) is 5.91 Å². The van der Waals surface area contributed by atoms with E-state index >= 15 is 0 Å². The molecule has 35 heavy (non-hydrogen) atoms. The fraction of sp³-hybridized carbons (Fsp3) is 0.267. The summed E-state index contributed by atoms with van der Waals surface area (Å²) in [4.78, 5) is 17.8. The van der Waals surface area contributed by atoms with E-state index in [2.05, 4.69) is 60.5 Å². The van der Waals surface area contributed by atoms with Crippen LogP contribution in [0.4, 0.5) is 5.69 Å². The number of amides is 1. The molecule has 4 nitrogen and oxygen atoms in total. The Balaban J connectivity index is 1.48. The highest BCUT2D eigenvalue weighted by molar-refractivity contribution is 7.43. The van der Waals surface area contributed by atoms with Crippen molar-refractivity contribution >= 4 is 30.3 Å². The molecule has 1 N–H and O–H groups in total. The first-order valence-electron chi connectivity index (χ1n) is 12.2. The van der Waals surface area contributed by atoms with Gasteiger partial charge in [0.05, 0.1) is 16.8 Å². The number of anilines is 1. The molecule has 1 amide bonds. The van der Waals surface area contributed by atoms with Gasteiger partial charge in [0.15, 0.2) is 6.16 Å². The SMILES string of the molecule is CCCCC[P+](=O)Cc1ccc(NC(=O)c2cc3cc(-c4ccc(C)cc4)ccc3nc2C)cc1. The second-order valence-corrected chi connectivity index (χ2v) is 10.8. The van der Waals surface area contributed by atoms with Crippen LogP contribution in [0.2, 0.25) is 0 Å². The maximum absolute atomic E-state index is 13.1. The van der Waals surface area contributed by atoms with Crippen LogP contribution in [0.15, 0.2) is 72.8 Å².